The van der Waals surface area contributed by atoms with Crippen molar-refractivity contribution >= 4 is 71.3 Å². The predicted molar refractivity (Wildman–Crippen MR) is 161 cm³/mol. The van der Waals surface area contributed by atoms with Gasteiger partial charge in [-0.2, -0.15) is 0 Å². The van der Waals surface area contributed by atoms with Gasteiger partial charge < -0.3 is 9.32 Å². The quantitative estimate of drug-likeness (QED) is 0.231. The molecule has 0 spiro atoms. The Hall–Kier alpha value is -5.08. The average Bonchev–Trinajstić information content (AvgIpc) is 3.35. The number of para-hydroxylation sites is 2. The highest BCUT2D eigenvalue weighted by molar-refractivity contribution is 6.17. The number of furan rings is 1. The molecule has 0 unspecified atom stereocenters. The summed E-state index contributed by atoms with van der Waals surface area (Å²) in [5.41, 5.74) is 5.03. The number of fused-ring (bicyclic) bond motifs is 7. The van der Waals surface area contributed by atoms with Crippen molar-refractivity contribution in [1.82, 2.24) is 0 Å². The minimum atomic E-state index is 0.888. The molecule has 0 saturated carbocycles. The number of hydrogen-bond donors (Lipinski definition) is 0. The van der Waals surface area contributed by atoms with Crippen molar-refractivity contribution in [3.63, 3.8) is 0 Å². The predicted octanol–water partition coefficient (Wildman–Crippen LogP) is 10.5. The van der Waals surface area contributed by atoms with Crippen LogP contribution in [0.1, 0.15) is 0 Å². The van der Waals surface area contributed by atoms with Gasteiger partial charge in [-0.3, -0.25) is 0 Å². The zero-order valence-electron chi connectivity index (χ0n) is 20.6. The van der Waals surface area contributed by atoms with Crippen molar-refractivity contribution < 1.29 is 4.42 Å². The smallest absolute Gasteiger partial charge is 0.159 e. The van der Waals surface area contributed by atoms with Crippen LogP contribution in [0.15, 0.2) is 144 Å². The fraction of sp³-hybridized carbons (Fsp3) is 0. The highest BCUT2D eigenvalue weighted by atomic mass is 16.3. The molecule has 0 aliphatic heterocycles. The molecular formula is C36H23NO. The van der Waals surface area contributed by atoms with E-state index in [2.05, 4.69) is 144 Å². The minimum Gasteiger partial charge on any atom is -0.454 e. The first-order valence-corrected chi connectivity index (χ1v) is 12.9. The SMILES string of the molecule is c1ccc(N(c2cc3ccccc3c3ccccc23)c2cccc3c2oc2cc4ccccc4cc23)cc1. The number of benzene rings is 7. The molecule has 0 radical (unpaired) electrons. The van der Waals surface area contributed by atoms with Gasteiger partial charge in [0.15, 0.2) is 5.58 Å². The van der Waals surface area contributed by atoms with Crippen molar-refractivity contribution in [1.29, 1.82) is 0 Å². The van der Waals surface area contributed by atoms with E-state index in [9.17, 15) is 0 Å². The summed E-state index contributed by atoms with van der Waals surface area (Å²) < 4.78 is 6.67. The third kappa shape index (κ3) is 3.14. The summed E-state index contributed by atoms with van der Waals surface area (Å²) in [6.45, 7) is 0. The van der Waals surface area contributed by atoms with E-state index in [0.717, 1.165) is 39.0 Å². The molecule has 178 valence electrons. The molecule has 2 heteroatoms. The highest BCUT2D eigenvalue weighted by Crippen LogP contribution is 2.46. The second-order valence-corrected chi connectivity index (χ2v) is 9.78. The highest BCUT2D eigenvalue weighted by Gasteiger charge is 2.21. The molecule has 0 amide bonds. The number of nitrogens with zero attached hydrogens (tertiary/aromatic N) is 1. The number of rotatable bonds is 3. The lowest BCUT2D eigenvalue weighted by molar-refractivity contribution is 0.669. The first-order chi connectivity index (χ1) is 18.8. The Kier molecular flexibility index (Phi) is 4.55. The summed E-state index contributed by atoms with van der Waals surface area (Å²) >= 11 is 0. The van der Waals surface area contributed by atoms with E-state index in [1.54, 1.807) is 0 Å². The third-order valence-corrected chi connectivity index (χ3v) is 7.59. The summed E-state index contributed by atoms with van der Waals surface area (Å²) in [7, 11) is 0. The topological polar surface area (TPSA) is 16.4 Å². The summed E-state index contributed by atoms with van der Waals surface area (Å²) in [6.07, 6.45) is 0. The summed E-state index contributed by atoms with van der Waals surface area (Å²) in [5, 5.41) is 9.57. The number of hydrogen-bond acceptors (Lipinski definition) is 2. The van der Waals surface area contributed by atoms with Crippen LogP contribution in [0.5, 0.6) is 0 Å². The van der Waals surface area contributed by atoms with Crippen molar-refractivity contribution in [2.45, 2.75) is 0 Å². The molecule has 0 saturated heterocycles. The summed E-state index contributed by atoms with van der Waals surface area (Å²) in [4.78, 5) is 2.35. The molecule has 0 bridgehead atoms. The Labute approximate surface area is 220 Å². The fourth-order valence-electron chi connectivity index (χ4n) is 5.85. The van der Waals surface area contributed by atoms with Crippen molar-refractivity contribution in [3.8, 4) is 0 Å². The zero-order chi connectivity index (χ0) is 25.1. The maximum atomic E-state index is 6.67. The van der Waals surface area contributed by atoms with E-state index in [0.29, 0.717) is 0 Å². The molecular weight excluding hydrogens is 462 g/mol. The van der Waals surface area contributed by atoms with Crippen LogP contribution in [0.4, 0.5) is 17.1 Å². The van der Waals surface area contributed by atoms with Gasteiger partial charge >= 0.3 is 0 Å². The Balaban J connectivity index is 1.48. The summed E-state index contributed by atoms with van der Waals surface area (Å²) in [6, 6.07) is 49.5. The molecule has 0 aliphatic carbocycles. The molecule has 38 heavy (non-hydrogen) atoms. The van der Waals surface area contributed by atoms with Crippen LogP contribution in [0, 0.1) is 0 Å². The first-order valence-electron chi connectivity index (χ1n) is 12.9. The average molecular weight is 486 g/mol. The van der Waals surface area contributed by atoms with Gasteiger partial charge in [-0.15, -0.1) is 0 Å². The second-order valence-electron chi connectivity index (χ2n) is 9.78. The van der Waals surface area contributed by atoms with Gasteiger partial charge in [0.1, 0.15) is 5.58 Å². The van der Waals surface area contributed by atoms with E-state index in [1.807, 2.05) is 0 Å². The molecule has 0 N–H and O–H groups in total. The molecule has 0 aliphatic rings. The standard InChI is InChI=1S/C36H23NO/c1-2-14-27(15-3-1)37(34-22-26-13-6-7-16-28(26)29-17-8-9-18-30(29)34)33-20-10-19-31-32-21-24-11-4-5-12-25(24)23-35(32)38-36(31)33/h1-23H. The van der Waals surface area contributed by atoms with Gasteiger partial charge in [-0.05, 0) is 63.3 Å². The van der Waals surface area contributed by atoms with E-state index >= 15 is 0 Å². The van der Waals surface area contributed by atoms with Crippen LogP contribution in [0.2, 0.25) is 0 Å². The maximum absolute atomic E-state index is 6.67. The van der Waals surface area contributed by atoms with Gasteiger partial charge in [-0.1, -0.05) is 103 Å². The Morgan fingerprint density at radius 3 is 1.84 bits per heavy atom. The summed E-state index contributed by atoms with van der Waals surface area (Å²) in [5.74, 6) is 0. The lowest BCUT2D eigenvalue weighted by Gasteiger charge is -2.27. The zero-order valence-corrected chi connectivity index (χ0v) is 20.6. The van der Waals surface area contributed by atoms with Crippen LogP contribution in [0.25, 0.3) is 54.3 Å². The van der Waals surface area contributed by atoms with Crippen molar-refractivity contribution in [2.75, 3.05) is 4.90 Å². The molecule has 0 atom stereocenters. The van der Waals surface area contributed by atoms with Crippen LogP contribution >= 0.6 is 0 Å². The monoisotopic (exact) mass is 485 g/mol. The van der Waals surface area contributed by atoms with Gasteiger partial charge in [0.25, 0.3) is 0 Å². The Bertz CT molecular complexity index is 2140. The van der Waals surface area contributed by atoms with Crippen LogP contribution in [-0.4, -0.2) is 0 Å². The minimum absolute atomic E-state index is 0.888. The van der Waals surface area contributed by atoms with Crippen LogP contribution < -0.4 is 4.90 Å². The van der Waals surface area contributed by atoms with Gasteiger partial charge in [0.2, 0.25) is 0 Å². The van der Waals surface area contributed by atoms with E-state index < -0.39 is 0 Å². The lowest BCUT2D eigenvalue weighted by Crippen LogP contribution is -2.10. The normalized spacial score (nSPS) is 11.7. The van der Waals surface area contributed by atoms with E-state index in [1.165, 1.54) is 32.3 Å². The Morgan fingerprint density at radius 2 is 1.03 bits per heavy atom. The van der Waals surface area contributed by atoms with Gasteiger partial charge in [0.05, 0.1) is 11.4 Å². The van der Waals surface area contributed by atoms with Crippen molar-refractivity contribution in [2.24, 2.45) is 0 Å². The second kappa shape index (κ2) is 8.22. The van der Waals surface area contributed by atoms with E-state index in [4.69, 9.17) is 4.42 Å². The third-order valence-electron chi connectivity index (χ3n) is 7.59. The maximum Gasteiger partial charge on any atom is 0.159 e. The Morgan fingerprint density at radius 1 is 0.395 bits per heavy atom. The lowest BCUT2D eigenvalue weighted by atomic mass is 9.99. The van der Waals surface area contributed by atoms with Gasteiger partial charge in [0, 0.05) is 21.8 Å². The number of anilines is 3. The molecule has 7 aromatic carbocycles. The van der Waals surface area contributed by atoms with Crippen molar-refractivity contribution in [3.05, 3.63) is 140 Å². The molecule has 8 rings (SSSR count). The molecule has 8 aromatic rings. The van der Waals surface area contributed by atoms with Crippen LogP contribution in [-0.2, 0) is 0 Å². The van der Waals surface area contributed by atoms with E-state index in [-0.39, 0.29) is 0 Å². The molecule has 1 heterocycles. The molecule has 2 nitrogen and oxygen atoms in total. The first kappa shape index (κ1) is 21.0. The molecule has 0 fully saturated rings. The largest absolute Gasteiger partial charge is 0.454 e. The van der Waals surface area contributed by atoms with Crippen LogP contribution in [0.3, 0.4) is 0 Å². The fourth-order valence-corrected chi connectivity index (χ4v) is 5.85. The van der Waals surface area contributed by atoms with Gasteiger partial charge in [-0.25, -0.2) is 0 Å². The molecule has 1 aromatic heterocycles.